The Labute approximate surface area is 190 Å². The Kier molecular flexibility index (Phi) is 8.80. The van der Waals surface area contributed by atoms with Gasteiger partial charge >= 0.3 is 0 Å². The Morgan fingerprint density at radius 2 is 1.60 bits per heavy atom. The summed E-state index contributed by atoms with van der Waals surface area (Å²) < 4.78 is 6.40. The van der Waals surface area contributed by atoms with Gasteiger partial charge in [-0.3, -0.25) is 14.9 Å². The number of carbonyl (C=O) groups excluding carboxylic acids is 2. The first-order chi connectivity index (χ1) is 14.2. The number of thiocarbonyl (C=S) groups is 1. The average molecular weight is 492 g/mol. The van der Waals surface area contributed by atoms with Gasteiger partial charge in [0.25, 0.3) is 5.91 Å². The molecule has 2 rings (SSSR count). The molecule has 0 aromatic heterocycles. The van der Waals surface area contributed by atoms with Crippen molar-refractivity contribution in [1.82, 2.24) is 5.32 Å². The van der Waals surface area contributed by atoms with Gasteiger partial charge in [0.2, 0.25) is 5.91 Å². The summed E-state index contributed by atoms with van der Waals surface area (Å²) in [5.74, 6) is 0.616. The van der Waals surface area contributed by atoms with Crippen molar-refractivity contribution in [2.24, 2.45) is 11.8 Å². The van der Waals surface area contributed by atoms with E-state index in [0.717, 1.165) is 0 Å². The molecular formula is C22H26BrN3O3S. The Hall–Kier alpha value is -2.45. The Balaban J connectivity index is 1.92. The maximum atomic E-state index is 12.5. The lowest BCUT2D eigenvalue weighted by Gasteiger charge is -2.13. The number of halogens is 1. The zero-order valence-corrected chi connectivity index (χ0v) is 19.8. The molecule has 0 saturated heterocycles. The second-order valence-corrected chi connectivity index (χ2v) is 8.74. The quantitative estimate of drug-likeness (QED) is 0.463. The first kappa shape index (κ1) is 23.8. The molecule has 160 valence electrons. The molecule has 0 aliphatic heterocycles. The fraction of sp³-hybridized carbons (Fsp3) is 0.318. The van der Waals surface area contributed by atoms with E-state index in [1.165, 1.54) is 0 Å². The first-order valence-corrected chi connectivity index (χ1v) is 10.8. The van der Waals surface area contributed by atoms with Crippen LogP contribution < -0.4 is 20.7 Å². The van der Waals surface area contributed by atoms with Crippen molar-refractivity contribution >= 4 is 56.4 Å². The second kappa shape index (κ2) is 11.1. The van der Waals surface area contributed by atoms with E-state index in [4.69, 9.17) is 17.0 Å². The molecular weight excluding hydrogens is 466 g/mol. The van der Waals surface area contributed by atoms with Gasteiger partial charge in [-0.15, -0.1) is 0 Å². The molecule has 0 unspecified atom stereocenters. The number of amides is 2. The molecule has 8 heteroatoms. The first-order valence-electron chi connectivity index (χ1n) is 9.61. The van der Waals surface area contributed by atoms with Crippen LogP contribution in [-0.2, 0) is 4.79 Å². The van der Waals surface area contributed by atoms with E-state index in [-0.39, 0.29) is 22.8 Å². The minimum absolute atomic E-state index is 0.0507. The lowest BCUT2D eigenvalue weighted by atomic mass is 10.2. The summed E-state index contributed by atoms with van der Waals surface area (Å²) in [7, 11) is 0. The molecule has 0 radical (unpaired) electrons. The van der Waals surface area contributed by atoms with Crippen LogP contribution in [0.15, 0.2) is 46.9 Å². The Morgan fingerprint density at radius 1 is 1.00 bits per heavy atom. The van der Waals surface area contributed by atoms with Gasteiger partial charge in [-0.05, 0) is 76.5 Å². The highest BCUT2D eigenvalue weighted by Gasteiger charge is 2.12. The zero-order chi connectivity index (χ0) is 22.3. The van der Waals surface area contributed by atoms with E-state index in [0.29, 0.717) is 39.7 Å². The third-order valence-corrected chi connectivity index (χ3v) is 4.75. The molecule has 2 amide bonds. The third-order valence-electron chi connectivity index (χ3n) is 3.93. The predicted molar refractivity (Wildman–Crippen MR) is 128 cm³/mol. The lowest BCUT2D eigenvalue weighted by molar-refractivity contribution is -0.118. The highest BCUT2D eigenvalue weighted by Crippen LogP contribution is 2.26. The van der Waals surface area contributed by atoms with Gasteiger partial charge in [0.05, 0.1) is 11.1 Å². The normalized spacial score (nSPS) is 10.6. The van der Waals surface area contributed by atoms with Gasteiger partial charge < -0.3 is 15.4 Å². The maximum Gasteiger partial charge on any atom is 0.257 e. The van der Waals surface area contributed by atoms with E-state index in [1.807, 2.05) is 13.8 Å². The summed E-state index contributed by atoms with van der Waals surface area (Å²) in [4.78, 5) is 24.2. The fourth-order valence-corrected chi connectivity index (χ4v) is 2.98. The lowest BCUT2D eigenvalue weighted by Crippen LogP contribution is -2.34. The molecule has 0 aliphatic rings. The van der Waals surface area contributed by atoms with Crippen molar-refractivity contribution in [2.75, 3.05) is 17.2 Å². The van der Waals surface area contributed by atoms with Crippen LogP contribution in [0.25, 0.3) is 0 Å². The van der Waals surface area contributed by atoms with E-state index >= 15 is 0 Å². The molecule has 6 nitrogen and oxygen atoms in total. The number of rotatable bonds is 7. The molecule has 2 aromatic rings. The van der Waals surface area contributed by atoms with Crippen molar-refractivity contribution in [3.63, 3.8) is 0 Å². The topological polar surface area (TPSA) is 79.5 Å². The summed E-state index contributed by atoms with van der Waals surface area (Å²) in [6.07, 6.45) is 0. The van der Waals surface area contributed by atoms with E-state index in [1.54, 1.807) is 42.5 Å². The highest BCUT2D eigenvalue weighted by molar-refractivity contribution is 9.10. The van der Waals surface area contributed by atoms with Crippen molar-refractivity contribution in [1.29, 1.82) is 0 Å². The molecule has 0 saturated carbocycles. The van der Waals surface area contributed by atoms with Gasteiger partial charge in [-0.25, -0.2) is 0 Å². The van der Waals surface area contributed by atoms with Crippen molar-refractivity contribution < 1.29 is 14.3 Å². The molecule has 30 heavy (non-hydrogen) atoms. The molecule has 0 bridgehead atoms. The zero-order valence-electron chi connectivity index (χ0n) is 17.4. The van der Waals surface area contributed by atoms with Crippen LogP contribution in [0.1, 0.15) is 38.1 Å². The van der Waals surface area contributed by atoms with Crippen LogP contribution in [-0.4, -0.2) is 23.5 Å². The van der Waals surface area contributed by atoms with Crippen LogP contribution in [0.3, 0.4) is 0 Å². The maximum absolute atomic E-state index is 12.5. The number of hydrogen-bond acceptors (Lipinski definition) is 4. The van der Waals surface area contributed by atoms with Crippen molar-refractivity contribution in [3.8, 4) is 5.75 Å². The molecule has 2 aromatic carbocycles. The summed E-state index contributed by atoms with van der Waals surface area (Å²) in [6.45, 7) is 8.39. The van der Waals surface area contributed by atoms with Gasteiger partial charge in [-0.2, -0.15) is 0 Å². The van der Waals surface area contributed by atoms with E-state index in [9.17, 15) is 9.59 Å². The Morgan fingerprint density at radius 3 is 2.13 bits per heavy atom. The minimum Gasteiger partial charge on any atom is -0.492 e. The number of anilines is 2. The number of ether oxygens (including phenoxy) is 1. The number of benzene rings is 2. The van der Waals surface area contributed by atoms with Gasteiger partial charge in [0.15, 0.2) is 5.11 Å². The highest BCUT2D eigenvalue weighted by atomic mass is 79.9. The SMILES string of the molecule is CC(C)COc1ccc(C(=O)NC(=S)Nc2ccc(NC(=O)C(C)C)cc2)cc1Br. The van der Waals surface area contributed by atoms with Crippen LogP contribution in [0, 0.1) is 11.8 Å². The van der Waals surface area contributed by atoms with E-state index < -0.39 is 0 Å². The third kappa shape index (κ3) is 7.42. The van der Waals surface area contributed by atoms with Gasteiger partial charge in [0.1, 0.15) is 5.75 Å². The molecule has 0 spiro atoms. The molecule has 0 atom stereocenters. The number of nitrogens with one attached hydrogen (secondary N) is 3. The summed E-state index contributed by atoms with van der Waals surface area (Å²) in [5, 5.41) is 8.60. The minimum atomic E-state index is -0.329. The van der Waals surface area contributed by atoms with Crippen LogP contribution in [0.5, 0.6) is 5.75 Å². The molecule has 0 heterocycles. The van der Waals surface area contributed by atoms with Gasteiger partial charge in [-0.1, -0.05) is 27.7 Å². The standard InChI is InChI=1S/C22H26BrN3O3S/c1-13(2)12-29-19-10-5-15(11-18(19)23)21(28)26-22(30)25-17-8-6-16(7-9-17)24-20(27)14(3)4/h5-11,13-14H,12H2,1-4H3,(H,24,27)(H2,25,26,28,30). The summed E-state index contributed by atoms with van der Waals surface area (Å²) >= 11 is 8.66. The predicted octanol–water partition coefficient (Wildman–Crippen LogP) is 5.21. The summed E-state index contributed by atoms with van der Waals surface area (Å²) in [5.41, 5.74) is 1.84. The molecule has 0 aliphatic carbocycles. The van der Waals surface area contributed by atoms with Crippen LogP contribution in [0.2, 0.25) is 0 Å². The largest absolute Gasteiger partial charge is 0.492 e. The fourth-order valence-electron chi connectivity index (χ4n) is 2.28. The van der Waals surface area contributed by atoms with Crippen LogP contribution >= 0.6 is 28.1 Å². The molecule has 0 fully saturated rings. The Bertz CT molecular complexity index is 914. The number of hydrogen-bond donors (Lipinski definition) is 3. The molecule has 3 N–H and O–H groups in total. The van der Waals surface area contributed by atoms with Gasteiger partial charge in [0, 0.05) is 22.9 Å². The average Bonchev–Trinajstić information content (AvgIpc) is 2.68. The smallest absolute Gasteiger partial charge is 0.257 e. The van der Waals surface area contributed by atoms with E-state index in [2.05, 4.69) is 45.7 Å². The monoisotopic (exact) mass is 491 g/mol. The summed E-state index contributed by atoms with van der Waals surface area (Å²) in [6, 6.07) is 12.2. The van der Waals surface area contributed by atoms with Crippen molar-refractivity contribution in [2.45, 2.75) is 27.7 Å². The van der Waals surface area contributed by atoms with Crippen molar-refractivity contribution in [3.05, 3.63) is 52.5 Å². The second-order valence-electron chi connectivity index (χ2n) is 7.48. The number of carbonyl (C=O) groups is 2. The van der Waals surface area contributed by atoms with Crippen LogP contribution in [0.4, 0.5) is 11.4 Å².